The first-order chi connectivity index (χ1) is 12.4. The minimum absolute atomic E-state index is 0.0617. The van der Waals surface area contributed by atoms with E-state index in [0.29, 0.717) is 17.7 Å². The maximum atomic E-state index is 12.6. The first-order valence-corrected chi connectivity index (χ1v) is 8.55. The minimum atomic E-state index is -0.638. The molecular formula is C21H23N3O2. The molecule has 2 N–H and O–H groups in total. The van der Waals surface area contributed by atoms with Gasteiger partial charge in [-0.05, 0) is 42.2 Å². The fourth-order valence-corrected chi connectivity index (χ4v) is 2.63. The molecule has 0 radical (unpaired) electrons. The molecule has 2 amide bonds. The summed E-state index contributed by atoms with van der Waals surface area (Å²) in [6.45, 7) is 5.94. The maximum Gasteiger partial charge on any atom is 0.252 e. The molecule has 2 aromatic rings. The largest absolute Gasteiger partial charge is 0.350 e. The van der Waals surface area contributed by atoms with Crippen LogP contribution in [0.3, 0.4) is 0 Å². The number of hydrogen-bond donors (Lipinski definition) is 2. The van der Waals surface area contributed by atoms with Crippen LogP contribution in [0.4, 0.5) is 0 Å². The van der Waals surface area contributed by atoms with E-state index in [1.165, 1.54) is 0 Å². The fourth-order valence-electron chi connectivity index (χ4n) is 2.63. The van der Waals surface area contributed by atoms with Crippen molar-refractivity contribution in [1.82, 2.24) is 10.6 Å². The minimum Gasteiger partial charge on any atom is -0.350 e. The Bertz CT molecular complexity index is 837. The van der Waals surface area contributed by atoms with Gasteiger partial charge in [-0.15, -0.1) is 0 Å². The highest BCUT2D eigenvalue weighted by atomic mass is 16.2. The van der Waals surface area contributed by atoms with Gasteiger partial charge in [-0.2, -0.15) is 5.26 Å². The quantitative estimate of drug-likeness (QED) is 0.841. The van der Waals surface area contributed by atoms with Crippen LogP contribution in [0, 0.1) is 24.2 Å². The zero-order valence-corrected chi connectivity index (χ0v) is 15.2. The van der Waals surface area contributed by atoms with Gasteiger partial charge in [0, 0.05) is 12.1 Å². The van der Waals surface area contributed by atoms with Crippen molar-refractivity contribution in [3.05, 3.63) is 70.8 Å². The second-order valence-electron chi connectivity index (χ2n) is 6.54. The van der Waals surface area contributed by atoms with Gasteiger partial charge in [0.1, 0.15) is 6.04 Å². The van der Waals surface area contributed by atoms with Crippen LogP contribution in [-0.2, 0) is 11.3 Å². The number of rotatable bonds is 6. The molecule has 1 atom stereocenters. The molecule has 2 rings (SSSR count). The molecule has 5 nitrogen and oxygen atoms in total. The number of amides is 2. The number of hydrogen-bond acceptors (Lipinski definition) is 3. The Kier molecular flexibility index (Phi) is 6.51. The van der Waals surface area contributed by atoms with Crippen LogP contribution in [-0.4, -0.2) is 17.9 Å². The van der Waals surface area contributed by atoms with Gasteiger partial charge in [0.05, 0.1) is 11.6 Å². The van der Waals surface area contributed by atoms with Gasteiger partial charge in [-0.1, -0.05) is 44.2 Å². The monoisotopic (exact) mass is 349 g/mol. The number of benzene rings is 2. The third kappa shape index (κ3) is 4.93. The van der Waals surface area contributed by atoms with Crippen molar-refractivity contribution in [1.29, 1.82) is 5.26 Å². The Labute approximate surface area is 154 Å². The van der Waals surface area contributed by atoms with Crippen LogP contribution in [0.2, 0.25) is 0 Å². The third-order valence-electron chi connectivity index (χ3n) is 4.15. The zero-order valence-electron chi connectivity index (χ0n) is 15.2. The van der Waals surface area contributed by atoms with Crippen molar-refractivity contribution in [2.75, 3.05) is 0 Å². The summed E-state index contributed by atoms with van der Waals surface area (Å²) in [6, 6.07) is 15.8. The van der Waals surface area contributed by atoms with E-state index < -0.39 is 6.04 Å². The van der Waals surface area contributed by atoms with E-state index in [1.807, 2.05) is 39.0 Å². The zero-order chi connectivity index (χ0) is 19.1. The number of nitriles is 1. The highest BCUT2D eigenvalue weighted by Gasteiger charge is 2.24. The normalized spacial score (nSPS) is 11.5. The van der Waals surface area contributed by atoms with Crippen molar-refractivity contribution < 1.29 is 9.59 Å². The van der Waals surface area contributed by atoms with Crippen LogP contribution in [0.1, 0.15) is 40.9 Å². The lowest BCUT2D eigenvalue weighted by Crippen LogP contribution is -2.49. The molecular weight excluding hydrogens is 326 g/mol. The molecule has 134 valence electrons. The van der Waals surface area contributed by atoms with Gasteiger partial charge >= 0.3 is 0 Å². The SMILES string of the molecule is Cc1ccccc1C(=O)NC(C(=O)NCc1cccc(C#N)c1)C(C)C. The van der Waals surface area contributed by atoms with Gasteiger partial charge in [0.15, 0.2) is 0 Å². The van der Waals surface area contributed by atoms with E-state index in [9.17, 15) is 9.59 Å². The Hall–Kier alpha value is -3.13. The molecule has 0 aliphatic carbocycles. The molecule has 0 heterocycles. The van der Waals surface area contributed by atoms with Gasteiger partial charge in [0.2, 0.25) is 5.91 Å². The Balaban J connectivity index is 2.04. The number of carbonyl (C=O) groups is 2. The summed E-state index contributed by atoms with van der Waals surface area (Å²) >= 11 is 0. The lowest BCUT2D eigenvalue weighted by molar-refractivity contribution is -0.124. The third-order valence-corrected chi connectivity index (χ3v) is 4.15. The fraction of sp³-hybridized carbons (Fsp3) is 0.286. The summed E-state index contributed by atoms with van der Waals surface area (Å²) in [5.41, 5.74) is 2.81. The van der Waals surface area contributed by atoms with Crippen molar-refractivity contribution in [3.63, 3.8) is 0 Å². The van der Waals surface area contributed by atoms with E-state index in [1.54, 1.807) is 30.3 Å². The van der Waals surface area contributed by atoms with Gasteiger partial charge in [-0.3, -0.25) is 9.59 Å². The van der Waals surface area contributed by atoms with E-state index >= 15 is 0 Å². The molecule has 0 saturated carbocycles. The standard InChI is InChI=1S/C21H23N3O2/c1-14(2)19(24-20(25)18-10-5-4-7-15(18)3)21(26)23-13-17-9-6-8-16(11-17)12-22/h4-11,14,19H,13H2,1-3H3,(H,23,26)(H,24,25). The second-order valence-corrected chi connectivity index (χ2v) is 6.54. The van der Waals surface area contributed by atoms with Crippen molar-refractivity contribution in [2.45, 2.75) is 33.4 Å². The van der Waals surface area contributed by atoms with Crippen LogP contribution < -0.4 is 10.6 Å². The molecule has 2 aromatic carbocycles. The van der Waals surface area contributed by atoms with E-state index in [4.69, 9.17) is 5.26 Å². The summed E-state index contributed by atoms with van der Waals surface area (Å²) in [7, 11) is 0. The average Bonchev–Trinajstić information content (AvgIpc) is 2.64. The molecule has 1 unspecified atom stereocenters. The maximum absolute atomic E-state index is 12.6. The summed E-state index contributed by atoms with van der Waals surface area (Å²) in [5.74, 6) is -0.568. The van der Waals surface area contributed by atoms with E-state index in [2.05, 4.69) is 16.7 Å². The van der Waals surface area contributed by atoms with Crippen LogP contribution in [0.25, 0.3) is 0 Å². The average molecular weight is 349 g/mol. The highest BCUT2D eigenvalue weighted by molar-refractivity contribution is 5.98. The van der Waals surface area contributed by atoms with Gasteiger partial charge in [0.25, 0.3) is 5.91 Å². The molecule has 0 aliphatic heterocycles. The van der Waals surface area contributed by atoms with Gasteiger partial charge in [-0.25, -0.2) is 0 Å². The lowest BCUT2D eigenvalue weighted by Gasteiger charge is -2.22. The van der Waals surface area contributed by atoms with E-state index in [-0.39, 0.29) is 17.7 Å². The summed E-state index contributed by atoms with van der Waals surface area (Å²) in [4.78, 5) is 25.1. The van der Waals surface area contributed by atoms with E-state index in [0.717, 1.165) is 11.1 Å². The number of nitrogens with one attached hydrogen (secondary N) is 2. The smallest absolute Gasteiger partial charge is 0.252 e. The Morgan fingerprint density at radius 1 is 1.12 bits per heavy atom. The molecule has 0 aromatic heterocycles. The predicted octanol–water partition coefficient (Wildman–Crippen LogP) is 2.94. The molecule has 0 bridgehead atoms. The molecule has 5 heteroatoms. The molecule has 26 heavy (non-hydrogen) atoms. The number of carbonyl (C=O) groups excluding carboxylic acids is 2. The summed E-state index contributed by atoms with van der Waals surface area (Å²) in [5, 5.41) is 14.6. The van der Waals surface area contributed by atoms with Crippen LogP contribution >= 0.6 is 0 Å². The lowest BCUT2D eigenvalue weighted by atomic mass is 10.0. The van der Waals surface area contributed by atoms with Crippen molar-refractivity contribution in [3.8, 4) is 6.07 Å². The van der Waals surface area contributed by atoms with Crippen molar-refractivity contribution in [2.24, 2.45) is 5.92 Å². The van der Waals surface area contributed by atoms with Crippen LogP contribution in [0.5, 0.6) is 0 Å². The first kappa shape index (κ1) is 19.2. The Morgan fingerprint density at radius 2 is 1.85 bits per heavy atom. The van der Waals surface area contributed by atoms with Gasteiger partial charge < -0.3 is 10.6 Å². The molecule has 0 saturated heterocycles. The highest BCUT2D eigenvalue weighted by Crippen LogP contribution is 2.10. The molecule has 0 fully saturated rings. The predicted molar refractivity (Wildman–Crippen MR) is 100 cm³/mol. The number of aryl methyl sites for hydroxylation is 1. The van der Waals surface area contributed by atoms with Crippen LogP contribution in [0.15, 0.2) is 48.5 Å². The topological polar surface area (TPSA) is 82.0 Å². The molecule has 0 aliphatic rings. The summed E-state index contributed by atoms with van der Waals surface area (Å²) in [6.07, 6.45) is 0. The Morgan fingerprint density at radius 3 is 2.50 bits per heavy atom. The molecule has 0 spiro atoms. The number of nitrogens with zero attached hydrogens (tertiary/aromatic N) is 1. The first-order valence-electron chi connectivity index (χ1n) is 8.55. The second kappa shape index (κ2) is 8.82. The van der Waals surface area contributed by atoms with Crippen molar-refractivity contribution >= 4 is 11.8 Å². The summed E-state index contributed by atoms with van der Waals surface area (Å²) < 4.78 is 0.